The fraction of sp³-hybridized carbons (Fsp3) is 0.625. The number of halogens is 1. The molecule has 0 radical (unpaired) electrons. The van der Waals surface area contributed by atoms with E-state index in [2.05, 4.69) is 10.0 Å². The first kappa shape index (κ1) is 17.0. The number of sulfonamides is 1. The van der Waals surface area contributed by atoms with E-state index in [0.29, 0.717) is 23.3 Å². The summed E-state index contributed by atoms with van der Waals surface area (Å²) in [5.41, 5.74) is 0. The molecule has 0 atom stereocenters. The van der Waals surface area contributed by atoms with Gasteiger partial charge >= 0.3 is 0 Å². The van der Waals surface area contributed by atoms with Gasteiger partial charge in [-0.15, -0.1) is 0 Å². The first-order chi connectivity index (χ1) is 11.0. The third kappa shape index (κ3) is 4.38. The summed E-state index contributed by atoms with van der Waals surface area (Å²) in [6.07, 6.45) is 5.12. The monoisotopic (exact) mass is 358 g/mol. The molecule has 1 heterocycles. The average Bonchev–Trinajstić information content (AvgIpc) is 2.47. The Kier molecular flexibility index (Phi) is 5.46. The Morgan fingerprint density at radius 1 is 1.22 bits per heavy atom. The number of hydrogen-bond donors (Lipinski definition) is 2. The van der Waals surface area contributed by atoms with E-state index in [4.69, 9.17) is 16.3 Å². The third-order valence-electron chi connectivity index (χ3n) is 4.56. The van der Waals surface area contributed by atoms with Gasteiger partial charge in [-0.05, 0) is 62.9 Å². The van der Waals surface area contributed by atoms with E-state index in [1.807, 2.05) is 0 Å². The van der Waals surface area contributed by atoms with Crippen LogP contribution in [0.15, 0.2) is 23.1 Å². The third-order valence-corrected chi connectivity index (χ3v) is 6.33. The molecule has 0 spiro atoms. The molecule has 7 heteroatoms. The summed E-state index contributed by atoms with van der Waals surface area (Å²) in [4.78, 5) is 0.142. The summed E-state index contributed by atoms with van der Waals surface area (Å²) in [6.45, 7) is 2.22. The van der Waals surface area contributed by atoms with E-state index in [1.165, 1.54) is 12.5 Å². The van der Waals surface area contributed by atoms with Gasteiger partial charge in [-0.3, -0.25) is 0 Å². The number of hydrogen-bond acceptors (Lipinski definition) is 4. The Bertz CT molecular complexity index is 641. The molecule has 1 aromatic carbocycles. The van der Waals surface area contributed by atoms with Crippen LogP contribution < -0.4 is 14.8 Å². The van der Waals surface area contributed by atoms with Crippen molar-refractivity contribution in [2.45, 2.75) is 43.0 Å². The minimum atomic E-state index is -3.64. The van der Waals surface area contributed by atoms with Gasteiger partial charge in [0, 0.05) is 11.1 Å². The maximum atomic E-state index is 12.7. The summed E-state index contributed by atoms with van der Waals surface area (Å²) in [6, 6.07) is 4.75. The van der Waals surface area contributed by atoms with Crippen LogP contribution in [-0.2, 0) is 10.0 Å². The highest BCUT2D eigenvalue weighted by molar-refractivity contribution is 7.89. The van der Waals surface area contributed by atoms with Crippen LogP contribution in [0.5, 0.6) is 5.75 Å². The summed E-state index contributed by atoms with van der Waals surface area (Å²) in [7, 11) is -3.64. The van der Waals surface area contributed by atoms with Gasteiger partial charge in [0.1, 0.15) is 10.6 Å². The molecule has 1 aliphatic carbocycles. The molecule has 0 amide bonds. The Hall–Kier alpha value is -0.820. The van der Waals surface area contributed by atoms with Gasteiger partial charge in [-0.1, -0.05) is 18.0 Å². The lowest BCUT2D eigenvalue weighted by atomic mass is 9.86. The predicted molar refractivity (Wildman–Crippen MR) is 90.5 cm³/mol. The van der Waals surface area contributed by atoms with E-state index >= 15 is 0 Å². The maximum Gasteiger partial charge on any atom is 0.244 e. The van der Waals surface area contributed by atoms with E-state index in [0.717, 1.165) is 38.8 Å². The van der Waals surface area contributed by atoms with Crippen molar-refractivity contribution in [1.82, 2.24) is 10.0 Å². The highest BCUT2D eigenvalue weighted by Gasteiger charge is 2.26. The second kappa shape index (κ2) is 7.38. The summed E-state index contributed by atoms with van der Waals surface area (Å²) < 4.78 is 34.0. The quantitative estimate of drug-likeness (QED) is 0.820. The van der Waals surface area contributed by atoms with Gasteiger partial charge in [0.25, 0.3) is 0 Å². The molecule has 23 heavy (non-hydrogen) atoms. The lowest BCUT2D eigenvalue weighted by Gasteiger charge is -2.26. The predicted octanol–water partition coefficient (Wildman–Crippen LogP) is 2.55. The van der Waals surface area contributed by atoms with Crippen molar-refractivity contribution in [1.29, 1.82) is 0 Å². The van der Waals surface area contributed by atoms with Gasteiger partial charge in [0.05, 0.1) is 6.61 Å². The van der Waals surface area contributed by atoms with E-state index in [1.54, 1.807) is 12.1 Å². The highest BCUT2D eigenvalue weighted by atomic mass is 35.5. The van der Waals surface area contributed by atoms with Gasteiger partial charge in [-0.25, -0.2) is 13.1 Å². The molecule has 1 aliphatic heterocycles. The SMILES string of the molecule is O=S(=O)(NC1CCNCC1)c1cc(Cl)ccc1OCC1CCC1. The number of piperidine rings is 1. The molecule has 3 rings (SSSR count). The van der Waals surface area contributed by atoms with E-state index in [-0.39, 0.29) is 10.9 Å². The molecule has 1 saturated carbocycles. The molecule has 0 unspecified atom stereocenters. The van der Waals surface area contributed by atoms with Crippen molar-refractivity contribution < 1.29 is 13.2 Å². The molecular formula is C16H23ClN2O3S. The first-order valence-electron chi connectivity index (χ1n) is 8.20. The molecule has 2 aliphatic rings. The van der Waals surface area contributed by atoms with Gasteiger partial charge in [0.15, 0.2) is 0 Å². The average molecular weight is 359 g/mol. The minimum absolute atomic E-state index is 0.0419. The van der Waals surface area contributed by atoms with Crippen LogP contribution in [0.1, 0.15) is 32.1 Å². The Labute approximate surface area is 142 Å². The number of rotatable bonds is 6. The zero-order valence-electron chi connectivity index (χ0n) is 13.1. The Morgan fingerprint density at radius 2 is 1.96 bits per heavy atom. The van der Waals surface area contributed by atoms with Crippen LogP contribution in [-0.4, -0.2) is 34.2 Å². The fourth-order valence-electron chi connectivity index (χ4n) is 2.90. The van der Waals surface area contributed by atoms with Crippen LogP contribution in [0.4, 0.5) is 0 Å². The number of benzene rings is 1. The zero-order chi connectivity index (χ0) is 16.3. The van der Waals surface area contributed by atoms with Crippen LogP contribution in [0.3, 0.4) is 0 Å². The fourth-order valence-corrected chi connectivity index (χ4v) is 4.61. The van der Waals surface area contributed by atoms with Crippen LogP contribution >= 0.6 is 11.6 Å². The first-order valence-corrected chi connectivity index (χ1v) is 10.1. The van der Waals surface area contributed by atoms with Crippen molar-refractivity contribution in [3.8, 4) is 5.75 Å². The minimum Gasteiger partial charge on any atom is -0.492 e. The molecule has 128 valence electrons. The zero-order valence-corrected chi connectivity index (χ0v) is 14.6. The molecule has 0 bridgehead atoms. The van der Waals surface area contributed by atoms with Crippen molar-refractivity contribution in [3.63, 3.8) is 0 Å². The normalized spacial score (nSPS) is 20.2. The highest BCUT2D eigenvalue weighted by Crippen LogP contribution is 2.31. The number of nitrogens with one attached hydrogen (secondary N) is 2. The standard InChI is InChI=1S/C16H23ClN2O3S/c17-13-4-5-15(22-11-12-2-1-3-12)16(10-13)23(20,21)19-14-6-8-18-9-7-14/h4-5,10,12,14,18-19H,1-3,6-9,11H2. The van der Waals surface area contributed by atoms with Crippen molar-refractivity contribution in [3.05, 3.63) is 23.2 Å². The second-order valence-electron chi connectivity index (χ2n) is 6.34. The maximum absolute atomic E-state index is 12.7. The van der Waals surface area contributed by atoms with Crippen LogP contribution in [0.25, 0.3) is 0 Å². The van der Waals surface area contributed by atoms with Crippen molar-refractivity contribution >= 4 is 21.6 Å². The van der Waals surface area contributed by atoms with E-state index in [9.17, 15) is 8.42 Å². The molecule has 5 nitrogen and oxygen atoms in total. The summed E-state index contributed by atoms with van der Waals surface area (Å²) in [5, 5.41) is 3.62. The molecular weight excluding hydrogens is 336 g/mol. The second-order valence-corrected chi connectivity index (χ2v) is 8.46. The van der Waals surface area contributed by atoms with Gasteiger partial charge in [-0.2, -0.15) is 0 Å². The molecule has 1 aromatic rings. The molecule has 2 fully saturated rings. The van der Waals surface area contributed by atoms with Crippen molar-refractivity contribution in [2.24, 2.45) is 5.92 Å². The van der Waals surface area contributed by atoms with Gasteiger partial charge in [0.2, 0.25) is 10.0 Å². The molecule has 1 saturated heterocycles. The smallest absolute Gasteiger partial charge is 0.244 e. The lowest BCUT2D eigenvalue weighted by molar-refractivity contribution is 0.177. The molecule has 2 N–H and O–H groups in total. The topological polar surface area (TPSA) is 67.4 Å². The van der Waals surface area contributed by atoms with Crippen LogP contribution in [0.2, 0.25) is 5.02 Å². The summed E-state index contributed by atoms with van der Waals surface area (Å²) >= 11 is 6.01. The Balaban J connectivity index is 1.76. The van der Waals surface area contributed by atoms with Gasteiger partial charge < -0.3 is 10.1 Å². The van der Waals surface area contributed by atoms with Crippen molar-refractivity contribution in [2.75, 3.05) is 19.7 Å². The number of ether oxygens (including phenoxy) is 1. The largest absolute Gasteiger partial charge is 0.492 e. The summed E-state index contributed by atoms with van der Waals surface area (Å²) in [5.74, 6) is 0.932. The molecule has 0 aromatic heterocycles. The Morgan fingerprint density at radius 3 is 2.61 bits per heavy atom. The van der Waals surface area contributed by atoms with Crippen LogP contribution in [0, 0.1) is 5.92 Å². The van der Waals surface area contributed by atoms with E-state index < -0.39 is 10.0 Å². The lowest BCUT2D eigenvalue weighted by Crippen LogP contribution is -2.42.